The zero-order chi connectivity index (χ0) is 32.5. The van der Waals surface area contributed by atoms with Crippen molar-refractivity contribution in [3.63, 3.8) is 0 Å². The molecule has 0 saturated heterocycles. The van der Waals surface area contributed by atoms with Gasteiger partial charge in [-0.15, -0.1) is 0 Å². The van der Waals surface area contributed by atoms with Crippen LogP contribution < -0.4 is 0 Å². The average molecular weight is 625 g/mol. The largest absolute Gasteiger partial charge is 0.462 e. The van der Waals surface area contributed by atoms with Crippen LogP contribution in [0.1, 0.15) is 207 Å². The van der Waals surface area contributed by atoms with Crippen LogP contribution in [0, 0.1) is 11.8 Å². The van der Waals surface area contributed by atoms with Crippen molar-refractivity contribution in [3.05, 3.63) is 0 Å². The van der Waals surface area contributed by atoms with Crippen molar-refractivity contribution in [2.75, 3.05) is 13.2 Å². The number of carbonyl (C=O) groups excluding carboxylic acids is 2. The van der Waals surface area contributed by atoms with Gasteiger partial charge < -0.3 is 14.6 Å². The third-order valence-corrected chi connectivity index (χ3v) is 9.12. The lowest BCUT2D eigenvalue weighted by atomic mass is 9.99. The molecule has 0 amide bonds. The number of hydrogen-bond donors (Lipinski definition) is 1. The summed E-state index contributed by atoms with van der Waals surface area (Å²) in [5.74, 6) is 1.14. The Hall–Kier alpha value is -1.10. The Balaban J connectivity index is 3.50. The normalized spacial score (nSPS) is 12.9. The summed E-state index contributed by atoms with van der Waals surface area (Å²) >= 11 is 0. The topological polar surface area (TPSA) is 72.8 Å². The molecule has 0 aliphatic rings. The summed E-state index contributed by atoms with van der Waals surface area (Å²) in [5.41, 5.74) is 0. The lowest BCUT2D eigenvalue weighted by Gasteiger charge is -2.15. The van der Waals surface area contributed by atoms with Crippen LogP contribution in [0.4, 0.5) is 0 Å². The van der Waals surface area contributed by atoms with Gasteiger partial charge in [0.2, 0.25) is 0 Å². The Morgan fingerprint density at radius 3 is 1.27 bits per heavy atom. The van der Waals surface area contributed by atoms with Crippen molar-refractivity contribution in [1.82, 2.24) is 0 Å². The molecular weight excluding hydrogens is 548 g/mol. The molecule has 0 rings (SSSR count). The molecule has 1 unspecified atom stereocenters. The van der Waals surface area contributed by atoms with Gasteiger partial charge >= 0.3 is 11.9 Å². The fourth-order valence-corrected chi connectivity index (χ4v) is 5.77. The van der Waals surface area contributed by atoms with Crippen molar-refractivity contribution in [1.29, 1.82) is 0 Å². The van der Waals surface area contributed by atoms with E-state index < -0.39 is 6.10 Å². The maximum Gasteiger partial charge on any atom is 0.306 e. The first kappa shape index (κ1) is 42.9. The van der Waals surface area contributed by atoms with Crippen molar-refractivity contribution in [3.8, 4) is 0 Å². The molecule has 0 radical (unpaired) electrons. The zero-order valence-corrected chi connectivity index (χ0v) is 30.0. The second-order valence-electron chi connectivity index (χ2n) is 14.1. The lowest BCUT2D eigenvalue weighted by molar-refractivity contribution is -0.161. The highest BCUT2D eigenvalue weighted by molar-refractivity contribution is 5.70. The molecule has 44 heavy (non-hydrogen) atoms. The van der Waals surface area contributed by atoms with Crippen LogP contribution in [0.3, 0.4) is 0 Å². The third-order valence-electron chi connectivity index (χ3n) is 9.12. The first-order chi connectivity index (χ1) is 21.4. The van der Waals surface area contributed by atoms with E-state index in [0.717, 1.165) is 43.9 Å². The lowest BCUT2D eigenvalue weighted by Crippen LogP contribution is -2.28. The smallest absolute Gasteiger partial charge is 0.306 e. The molecular formula is C39H76O5. The molecule has 0 aromatic rings. The molecule has 0 fully saturated rings. The number of rotatable bonds is 34. The van der Waals surface area contributed by atoms with Crippen molar-refractivity contribution >= 4 is 11.9 Å². The third kappa shape index (κ3) is 32.3. The predicted molar refractivity (Wildman–Crippen MR) is 187 cm³/mol. The van der Waals surface area contributed by atoms with E-state index in [-0.39, 0.29) is 25.2 Å². The summed E-state index contributed by atoms with van der Waals surface area (Å²) in [6, 6.07) is 0. The van der Waals surface area contributed by atoms with E-state index in [4.69, 9.17) is 9.47 Å². The average Bonchev–Trinajstić information content (AvgIpc) is 3.01. The number of ether oxygens (including phenoxy) is 2. The van der Waals surface area contributed by atoms with Gasteiger partial charge in [-0.05, 0) is 24.7 Å². The second-order valence-corrected chi connectivity index (χ2v) is 14.1. The van der Waals surface area contributed by atoms with E-state index >= 15 is 0 Å². The van der Waals surface area contributed by atoms with E-state index in [9.17, 15) is 14.7 Å². The number of esters is 2. The molecule has 0 aromatic heterocycles. The maximum atomic E-state index is 12.1. The van der Waals surface area contributed by atoms with Crippen molar-refractivity contribution in [2.24, 2.45) is 11.8 Å². The van der Waals surface area contributed by atoms with Crippen LogP contribution in [0.5, 0.6) is 0 Å². The number of aliphatic hydroxyl groups excluding tert-OH is 1. The number of unbranched alkanes of at least 4 members (excludes halogenated alkanes) is 21. The summed E-state index contributed by atoms with van der Waals surface area (Å²) in [5, 5.41) is 9.53. The summed E-state index contributed by atoms with van der Waals surface area (Å²) in [4.78, 5) is 24.2. The molecule has 2 atom stereocenters. The Morgan fingerprint density at radius 1 is 0.523 bits per heavy atom. The molecule has 0 aromatic carbocycles. The van der Waals surface area contributed by atoms with Crippen LogP contribution in [0.2, 0.25) is 0 Å². The highest BCUT2D eigenvalue weighted by atomic mass is 16.6. The number of aliphatic hydroxyl groups is 1. The Labute approximate surface area is 274 Å². The molecule has 0 aliphatic carbocycles. The van der Waals surface area contributed by atoms with E-state index in [0.29, 0.717) is 12.8 Å². The van der Waals surface area contributed by atoms with E-state index in [2.05, 4.69) is 27.7 Å². The SMILES string of the molecule is CCC(C)CCCCCCCCCCCCCCCCC(=O)OC[C@H](CO)OC(=O)CCCCCCCCCCCC(C)C. The monoisotopic (exact) mass is 625 g/mol. The molecule has 5 heteroatoms. The summed E-state index contributed by atoms with van der Waals surface area (Å²) < 4.78 is 10.6. The van der Waals surface area contributed by atoms with Gasteiger partial charge in [-0.3, -0.25) is 9.59 Å². The number of hydrogen-bond acceptors (Lipinski definition) is 5. The van der Waals surface area contributed by atoms with E-state index in [1.165, 1.54) is 135 Å². The summed E-state index contributed by atoms with van der Waals surface area (Å²) in [6.45, 7) is 8.86. The van der Waals surface area contributed by atoms with Gasteiger partial charge in [-0.2, -0.15) is 0 Å². The first-order valence-corrected chi connectivity index (χ1v) is 19.3. The second kappa shape index (κ2) is 33.3. The molecule has 5 nitrogen and oxygen atoms in total. The molecule has 0 bridgehead atoms. The van der Waals surface area contributed by atoms with Crippen LogP contribution in [0.25, 0.3) is 0 Å². The minimum atomic E-state index is -0.762. The van der Waals surface area contributed by atoms with Gasteiger partial charge in [0.05, 0.1) is 6.61 Å². The zero-order valence-electron chi connectivity index (χ0n) is 30.0. The molecule has 0 saturated carbocycles. The van der Waals surface area contributed by atoms with E-state index in [1.54, 1.807) is 0 Å². The minimum Gasteiger partial charge on any atom is -0.462 e. The Kier molecular flexibility index (Phi) is 32.4. The maximum absolute atomic E-state index is 12.1. The summed E-state index contributed by atoms with van der Waals surface area (Å²) in [7, 11) is 0. The van der Waals surface area contributed by atoms with Gasteiger partial charge in [0.1, 0.15) is 6.61 Å². The predicted octanol–water partition coefficient (Wildman–Crippen LogP) is 11.7. The van der Waals surface area contributed by atoms with Crippen LogP contribution in [-0.4, -0.2) is 36.4 Å². The first-order valence-electron chi connectivity index (χ1n) is 19.3. The van der Waals surface area contributed by atoms with Crippen LogP contribution >= 0.6 is 0 Å². The Bertz CT molecular complexity index is 620. The Morgan fingerprint density at radius 2 is 0.886 bits per heavy atom. The number of carbonyl (C=O) groups is 2. The fourth-order valence-electron chi connectivity index (χ4n) is 5.77. The molecule has 0 heterocycles. The fraction of sp³-hybridized carbons (Fsp3) is 0.949. The quantitative estimate of drug-likeness (QED) is 0.0569. The molecule has 262 valence electrons. The summed E-state index contributed by atoms with van der Waals surface area (Å²) in [6.07, 6.45) is 33.0. The highest BCUT2D eigenvalue weighted by Crippen LogP contribution is 2.17. The minimum absolute atomic E-state index is 0.0591. The van der Waals surface area contributed by atoms with E-state index in [1.807, 2.05) is 0 Å². The van der Waals surface area contributed by atoms with Crippen LogP contribution in [0.15, 0.2) is 0 Å². The van der Waals surface area contributed by atoms with Gasteiger partial charge in [0, 0.05) is 12.8 Å². The van der Waals surface area contributed by atoms with Crippen molar-refractivity contribution in [2.45, 2.75) is 214 Å². The van der Waals surface area contributed by atoms with Gasteiger partial charge in [-0.25, -0.2) is 0 Å². The highest BCUT2D eigenvalue weighted by Gasteiger charge is 2.16. The van der Waals surface area contributed by atoms with Crippen molar-refractivity contribution < 1.29 is 24.2 Å². The standard InChI is InChI=1S/C39H76O5/c1-5-36(4)30-26-22-18-14-10-8-6-7-9-11-15-19-23-27-31-38(41)43-34-37(33-40)44-39(42)32-28-24-20-16-12-13-17-21-25-29-35(2)3/h35-37,40H,5-34H2,1-4H3/t36?,37-/m0/s1. The van der Waals surface area contributed by atoms with Gasteiger partial charge in [0.25, 0.3) is 0 Å². The van der Waals surface area contributed by atoms with Gasteiger partial charge in [0.15, 0.2) is 6.10 Å². The molecule has 1 N–H and O–H groups in total. The van der Waals surface area contributed by atoms with Crippen LogP contribution in [-0.2, 0) is 19.1 Å². The molecule has 0 spiro atoms. The van der Waals surface area contributed by atoms with Gasteiger partial charge in [-0.1, -0.05) is 182 Å². The molecule has 0 aliphatic heterocycles.